The van der Waals surface area contributed by atoms with Gasteiger partial charge in [0.25, 0.3) is 5.91 Å². The van der Waals surface area contributed by atoms with Crippen LogP contribution in [0, 0.1) is 11.8 Å². The van der Waals surface area contributed by atoms with Gasteiger partial charge in [-0.3, -0.25) is 19.3 Å². The van der Waals surface area contributed by atoms with E-state index in [2.05, 4.69) is 0 Å². The molecule has 216 valence electrons. The van der Waals surface area contributed by atoms with Crippen molar-refractivity contribution in [2.24, 2.45) is 17.6 Å². The first-order valence-electron chi connectivity index (χ1n) is 12.8. The number of hydrogen-bond acceptors (Lipinski definition) is 9. The number of Topliss-reactive ketones (excluding diaryl/α,β-unsaturated/α-hetero) is 2. The Morgan fingerprint density at radius 1 is 1.05 bits per heavy atom. The first kappa shape index (κ1) is 28.9. The molecule has 0 aromatic heterocycles. The number of rotatable bonds is 4. The topological polar surface area (TPSA) is 165 Å². The number of aromatic hydroxyl groups is 1. The van der Waals surface area contributed by atoms with E-state index in [-0.39, 0.29) is 34.8 Å². The molecule has 3 aliphatic carbocycles. The number of ketones is 2. The van der Waals surface area contributed by atoms with Crippen LogP contribution in [0.15, 0.2) is 41.2 Å². The molecule has 0 heterocycles. The smallest absolute Gasteiger partial charge is 0.255 e. The van der Waals surface area contributed by atoms with Gasteiger partial charge < -0.3 is 31.1 Å². The summed E-state index contributed by atoms with van der Waals surface area (Å²) in [6, 6.07) is 5.38. The third-order valence-electron chi connectivity index (χ3n) is 8.41. The number of halogens is 2. The molecule has 0 radical (unpaired) electrons. The van der Waals surface area contributed by atoms with Crippen LogP contribution >= 0.6 is 23.2 Å². The SMILES string of the molecule is CN(C)c1cc(-c2ccc(Cl)c(Cl)c2)c(O)c2c1C[C@@H]1C[C@H]3[C@H](N(C)C)C(=O)C(C(N)=O)=C(O)[C@@]3(O)C(=O)C1=C2O. The fourth-order valence-corrected chi connectivity index (χ4v) is 6.87. The Balaban J connectivity index is 1.78. The molecule has 0 aliphatic heterocycles. The molecular weight excluding hydrogens is 573 g/mol. The molecule has 1 fully saturated rings. The molecule has 0 unspecified atom stereocenters. The summed E-state index contributed by atoms with van der Waals surface area (Å²) in [5, 5.41) is 46.5. The number of nitrogens with two attached hydrogens (primary N) is 1. The van der Waals surface area contributed by atoms with Crippen molar-refractivity contribution in [1.82, 2.24) is 4.90 Å². The molecule has 3 aliphatic rings. The number of carbonyl (C=O) groups is 3. The summed E-state index contributed by atoms with van der Waals surface area (Å²) in [4.78, 5) is 42.8. The van der Waals surface area contributed by atoms with Crippen LogP contribution in [0.1, 0.15) is 17.5 Å². The summed E-state index contributed by atoms with van der Waals surface area (Å²) in [6.45, 7) is 0. The van der Waals surface area contributed by atoms with Gasteiger partial charge in [-0.25, -0.2) is 0 Å². The number of benzene rings is 2. The lowest BCUT2D eigenvalue weighted by molar-refractivity contribution is -0.153. The second-order valence-electron chi connectivity index (χ2n) is 11.1. The molecule has 41 heavy (non-hydrogen) atoms. The van der Waals surface area contributed by atoms with Crippen molar-refractivity contribution in [1.29, 1.82) is 0 Å². The van der Waals surface area contributed by atoms with Gasteiger partial charge in [-0.05, 0) is 62.2 Å². The number of anilines is 1. The molecule has 1 amide bonds. The van der Waals surface area contributed by atoms with Gasteiger partial charge in [-0.2, -0.15) is 0 Å². The molecule has 12 heteroatoms. The monoisotopic (exact) mass is 601 g/mol. The summed E-state index contributed by atoms with van der Waals surface area (Å²) >= 11 is 12.3. The number of fused-ring (bicyclic) bond motifs is 3. The van der Waals surface area contributed by atoms with E-state index in [1.54, 1.807) is 57.4 Å². The van der Waals surface area contributed by atoms with Gasteiger partial charge in [0.1, 0.15) is 22.8 Å². The Kier molecular flexibility index (Phi) is 6.89. The lowest BCUT2D eigenvalue weighted by Gasteiger charge is -2.50. The molecular formula is C29H29Cl2N3O7. The lowest BCUT2D eigenvalue weighted by atomic mass is 9.57. The second kappa shape index (κ2) is 9.77. The van der Waals surface area contributed by atoms with Crippen LogP contribution in [0.25, 0.3) is 16.9 Å². The van der Waals surface area contributed by atoms with Crippen molar-refractivity contribution in [2.75, 3.05) is 33.1 Å². The Hall–Kier alpha value is -3.57. The summed E-state index contributed by atoms with van der Waals surface area (Å²) < 4.78 is 0. The van der Waals surface area contributed by atoms with Crippen LogP contribution in [0.4, 0.5) is 5.69 Å². The Bertz CT molecular complexity index is 1610. The second-order valence-corrected chi connectivity index (χ2v) is 11.9. The Morgan fingerprint density at radius 3 is 2.27 bits per heavy atom. The number of carbonyl (C=O) groups excluding carboxylic acids is 3. The zero-order chi connectivity index (χ0) is 30.3. The van der Waals surface area contributed by atoms with Gasteiger partial charge in [0.15, 0.2) is 11.4 Å². The maximum atomic E-state index is 14.1. The van der Waals surface area contributed by atoms with Gasteiger partial charge >= 0.3 is 0 Å². The number of phenolic OH excluding ortho intramolecular Hbond substituents is 1. The minimum atomic E-state index is -2.70. The number of primary amides is 1. The zero-order valence-corrected chi connectivity index (χ0v) is 24.2. The molecule has 6 N–H and O–H groups in total. The lowest BCUT2D eigenvalue weighted by Crippen LogP contribution is -2.65. The van der Waals surface area contributed by atoms with E-state index in [0.29, 0.717) is 27.4 Å². The van der Waals surface area contributed by atoms with Crippen LogP contribution < -0.4 is 10.6 Å². The normalized spacial score (nSPS) is 25.7. The van der Waals surface area contributed by atoms with Crippen molar-refractivity contribution in [3.8, 4) is 16.9 Å². The van der Waals surface area contributed by atoms with E-state index in [9.17, 15) is 34.8 Å². The van der Waals surface area contributed by atoms with Crippen LogP contribution in [0.3, 0.4) is 0 Å². The highest BCUT2D eigenvalue weighted by atomic mass is 35.5. The fraction of sp³-hybridized carbons (Fsp3) is 0.345. The summed E-state index contributed by atoms with van der Waals surface area (Å²) in [7, 11) is 6.70. The molecule has 2 aromatic carbocycles. The third-order valence-corrected chi connectivity index (χ3v) is 9.15. The molecule has 4 atom stereocenters. The molecule has 2 aromatic rings. The average molecular weight is 602 g/mol. The van der Waals surface area contributed by atoms with E-state index in [4.69, 9.17) is 28.9 Å². The van der Waals surface area contributed by atoms with Gasteiger partial charge in [0.2, 0.25) is 5.78 Å². The summed E-state index contributed by atoms with van der Waals surface area (Å²) in [5.74, 6) is -6.98. The van der Waals surface area contributed by atoms with Crippen LogP contribution in [0.2, 0.25) is 10.0 Å². The minimum Gasteiger partial charge on any atom is -0.508 e. The van der Waals surface area contributed by atoms with E-state index in [1.807, 2.05) is 0 Å². The maximum absolute atomic E-state index is 14.1. The van der Waals surface area contributed by atoms with Gasteiger partial charge in [-0.15, -0.1) is 0 Å². The fourth-order valence-electron chi connectivity index (χ4n) is 6.57. The predicted molar refractivity (Wildman–Crippen MR) is 154 cm³/mol. The maximum Gasteiger partial charge on any atom is 0.255 e. The van der Waals surface area contributed by atoms with Crippen LogP contribution in [0.5, 0.6) is 5.75 Å². The van der Waals surface area contributed by atoms with Crippen LogP contribution in [-0.4, -0.2) is 82.6 Å². The standard InChI is InChI=1S/C29H29Cl2N3O7/c1-33(2)18-10-13(11-5-6-16(30)17(31)9-11)23(35)20-14(18)7-12-8-15-22(34(3)4)25(37)21(28(32)40)27(39)29(15,41)26(38)19(12)24(20)36/h5-6,9-10,12,15,22,35-36,39,41H,7-8H2,1-4H3,(H2,32,40)/t12-,15+,22+,29+/m1/s1. The number of hydrogen-bond donors (Lipinski definition) is 5. The van der Waals surface area contributed by atoms with Crippen molar-refractivity contribution >= 4 is 52.1 Å². The largest absolute Gasteiger partial charge is 0.508 e. The number of phenols is 1. The highest BCUT2D eigenvalue weighted by molar-refractivity contribution is 6.42. The summed E-state index contributed by atoms with van der Waals surface area (Å²) in [5.41, 5.74) is 3.62. The van der Waals surface area contributed by atoms with E-state index in [0.717, 1.165) is 0 Å². The van der Waals surface area contributed by atoms with Gasteiger partial charge in [-0.1, -0.05) is 29.3 Å². The molecule has 0 bridgehead atoms. The van der Waals surface area contributed by atoms with Crippen LogP contribution in [-0.2, 0) is 20.8 Å². The molecule has 5 rings (SSSR count). The molecule has 1 saturated carbocycles. The highest BCUT2D eigenvalue weighted by Gasteiger charge is 2.64. The van der Waals surface area contributed by atoms with E-state index < -0.39 is 58.0 Å². The number of aliphatic hydroxyl groups is 3. The number of likely N-dealkylation sites (N-methyl/N-ethyl adjacent to an activating group) is 1. The zero-order valence-electron chi connectivity index (χ0n) is 22.7. The van der Waals surface area contributed by atoms with Crippen molar-refractivity contribution in [3.05, 3.63) is 62.3 Å². The third kappa shape index (κ3) is 4.04. The quantitative estimate of drug-likeness (QED) is 0.331. The van der Waals surface area contributed by atoms with E-state index >= 15 is 0 Å². The van der Waals surface area contributed by atoms with Gasteiger partial charge in [0.05, 0.1) is 21.7 Å². The highest BCUT2D eigenvalue weighted by Crippen LogP contribution is 2.55. The number of aliphatic hydroxyl groups excluding tert-OH is 2. The van der Waals surface area contributed by atoms with Crippen molar-refractivity contribution in [2.45, 2.75) is 24.5 Å². The first-order valence-corrected chi connectivity index (χ1v) is 13.5. The van der Waals surface area contributed by atoms with E-state index in [1.165, 1.54) is 4.90 Å². The van der Waals surface area contributed by atoms with Crippen molar-refractivity contribution < 1.29 is 34.8 Å². The Labute approximate surface area is 245 Å². The summed E-state index contributed by atoms with van der Waals surface area (Å²) in [6.07, 6.45) is 0.186. The Morgan fingerprint density at radius 2 is 1.71 bits per heavy atom. The predicted octanol–water partition coefficient (Wildman–Crippen LogP) is 3.00. The molecule has 0 saturated heterocycles. The van der Waals surface area contributed by atoms with Gasteiger partial charge in [0, 0.05) is 36.8 Å². The molecule has 10 nitrogen and oxygen atoms in total. The average Bonchev–Trinajstić information content (AvgIpc) is 2.87. The molecule has 0 spiro atoms. The first-order chi connectivity index (χ1) is 19.1. The number of amides is 1. The number of nitrogens with zero attached hydrogens (tertiary/aromatic N) is 2. The van der Waals surface area contributed by atoms with Crippen molar-refractivity contribution in [3.63, 3.8) is 0 Å². The minimum absolute atomic E-state index is 0.00596.